The minimum Gasteiger partial charge on any atom is -0.494 e. The average Bonchev–Trinajstić information content (AvgIpc) is 3.46. The SMILES string of the molecule is CCCCCOc1ccc(C=c2sc3nc(-c4oc5ccccc5c4C)nn3c2=O)cc1. The second-order valence-electron chi connectivity index (χ2n) is 7.72. The molecule has 0 radical (unpaired) electrons. The Bertz CT molecular complexity index is 1500. The Hall–Kier alpha value is -3.45. The summed E-state index contributed by atoms with van der Waals surface area (Å²) in [6, 6.07) is 15.6. The van der Waals surface area contributed by atoms with Gasteiger partial charge in [-0.2, -0.15) is 9.50 Å². The van der Waals surface area contributed by atoms with Gasteiger partial charge in [-0.15, -0.1) is 5.10 Å². The number of fused-ring (bicyclic) bond motifs is 2. The molecule has 3 aromatic heterocycles. The van der Waals surface area contributed by atoms with Crippen molar-refractivity contribution in [1.29, 1.82) is 0 Å². The highest BCUT2D eigenvalue weighted by Crippen LogP contribution is 2.31. The maximum Gasteiger partial charge on any atom is 0.291 e. The summed E-state index contributed by atoms with van der Waals surface area (Å²) in [6.07, 6.45) is 5.26. The summed E-state index contributed by atoms with van der Waals surface area (Å²) in [5.74, 6) is 1.87. The summed E-state index contributed by atoms with van der Waals surface area (Å²) in [4.78, 5) is 18.0. The van der Waals surface area contributed by atoms with Gasteiger partial charge in [-0.25, -0.2) is 0 Å². The predicted octanol–water partition coefficient (Wildman–Crippen LogP) is 4.99. The number of aromatic nitrogens is 3. The van der Waals surface area contributed by atoms with Crippen molar-refractivity contribution in [3.63, 3.8) is 0 Å². The first-order chi connectivity index (χ1) is 15.6. The second-order valence-corrected chi connectivity index (χ2v) is 8.73. The van der Waals surface area contributed by atoms with Crippen molar-refractivity contribution in [2.45, 2.75) is 33.1 Å². The summed E-state index contributed by atoms with van der Waals surface area (Å²) in [5, 5.41) is 5.46. The highest BCUT2D eigenvalue weighted by atomic mass is 32.1. The normalized spacial score (nSPS) is 12.2. The van der Waals surface area contributed by atoms with Crippen molar-refractivity contribution in [1.82, 2.24) is 14.6 Å². The molecule has 6 nitrogen and oxygen atoms in total. The molecule has 0 bridgehead atoms. The molecule has 0 N–H and O–H groups in total. The number of thiazole rings is 1. The van der Waals surface area contributed by atoms with E-state index >= 15 is 0 Å². The van der Waals surface area contributed by atoms with E-state index in [1.165, 1.54) is 28.7 Å². The zero-order valence-electron chi connectivity index (χ0n) is 18.0. The maximum absolute atomic E-state index is 12.9. The van der Waals surface area contributed by atoms with Gasteiger partial charge in [0.25, 0.3) is 5.56 Å². The number of para-hydroxylation sites is 1. The third kappa shape index (κ3) is 3.80. The topological polar surface area (TPSA) is 69.6 Å². The standard InChI is InChI=1S/C25H23N3O3S/c1-3-4-7-14-30-18-12-10-17(11-13-18)15-21-24(29)28-25(32-21)26-23(27-28)22-16(2)19-8-5-6-9-20(19)31-22/h5-6,8-13,15H,3-4,7,14H2,1-2H3. The largest absolute Gasteiger partial charge is 0.494 e. The van der Waals surface area contributed by atoms with E-state index in [1.54, 1.807) is 0 Å². The number of hydrogen-bond donors (Lipinski definition) is 0. The van der Waals surface area contributed by atoms with Crippen LogP contribution in [0, 0.1) is 6.92 Å². The Morgan fingerprint density at radius 1 is 1.12 bits per heavy atom. The van der Waals surface area contributed by atoms with E-state index in [4.69, 9.17) is 9.15 Å². The Morgan fingerprint density at radius 3 is 2.69 bits per heavy atom. The van der Waals surface area contributed by atoms with Crippen LogP contribution in [0.5, 0.6) is 5.75 Å². The van der Waals surface area contributed by atoms with Gasteiger partial charge >= 0.3 is 0 Å². The number of aryl methyl sites for hydroxylation is 1. The van der Waals surface area contributed by atoms with Crippen LogP contribution < -0.4 is 14.8 Å². The van der Waals surface area contributed by atoms with Crippen LogP contribution in [0.25, 0.3) is 33.6 Å². The third-order valence-corrected chi connectivity index (χ3v) is 6.38. The van der Waals surface area contributed by atoms with Crippen LogP contribution in [0.2, 0.25) is 0 Å². The first kappa shape index (κ1) is 20.5. The molecular weight excluding hydrogens is 422 g/mol. The number of nitrogens with zero attached hydrogens (tertiary/aromatic N) is 3. The van der Waals surface area contributed by atoms with Gasteiger partial charge in [0.05, 0.1) is 11.1 Å². The summed E-state index contributed by atoms with van der Waals surface area (Å²) < 4.78 is 13.6. The first-order valence-corrected chi connectivity index (χ1v) is 11.6. The average molecular weight is 446 g/mol. The van der Waals surface area contributed by atoms with Crippen LogP contribution in [0.4, 0.5) is 0 Å². The van der Waals surface area contributed by atoms with Crippen LogP contribution >= 0.6 is 11.3 Å². The minimum atomic E-state index is -0.183. The molecule has 0 saturated heterocycles. The Morgan fingerprint density at radius 2 is 1.94 bits per heavy atom. The number of ether oxygens (including phenoxy) is 1. The van der Waals surface area contributed by atoms with Crippen LogP contribution in [-0.4, -0.2) is 21.2 Å². The van der Waals surface area contributed by atoms with Crippen LogP contribution in [-0.2, 0) is 0 Å². The molecule has 0 spiro atoms. The molecule has 0 amide bonds. The third-order valence-electron chi connectivity index (χ3n) is 5.42. The lowest BCUT2D eigenvalue weighted by Crippen LogP contribution is -2.23. The van der Waals surface area contributed by atoms with Crippen LogP contribution in [0.1, 0.15) is 37.3 Å². The summed E-state index contributed by atoms with van der Waals surface area (Å²) in [5.41, 5.74) is 2.50. The molecule has 7 heteroatoms. The number of rotatable bonds is 7. The summed E-state index contributed by atoms with van der Waals surface area (Å²) in [7, 11) is 0. The monoisotopic (exact) mass is 445 g/mol. The fourth-order valence-corrected chi connectivity index (χ4v) is 4.58. The number of hydrogen-bond acceptors (Lipinski definition) is 6. The number of unbranched alkanes of at least 4 members (excludes halogenated alkanes) is 2. The summed E-state index contributed by atoms with van der Waals surface area (Å²) in [6.45, 7) is 4.88. The highest BCUT2D eigenvalue weighted by molar-refractivity contribution is 7.15. The Labute approximate surface area is 188 Å². The molecule has 162 valence electrons. The highest BCUT2D eigenvalue weighted by Gasteiger charge is 2.18. The molecule has 5 aromatic rings. The quantitative estimate of drug-likeness (QED) is 0.330. The molecule has 2 aromatic carbocycles. The van der Waals surface area contributed by atoms with E-state index < -0.39 is 0 Å². The van der Waals surface area contributed by atoms with E-state index in [2.05, 4.69) is 17.0 Å². The van der Waals surface area contributed by atoms with Crippen LogP contribution in [0.3, 0.4) is 0 Å². The fourth-order valence-electron chi connectivity index (χ4n) is 3.67. The second kappa shape index (κ2) is 8.59. The molecule has 0 atom stereocenters. The Balaban J connectivity index is 1.42. The lowest BCUT2D eigenvalue weighted by atomic mass is 10.1. The Kier molecular flexibility index (Phi) is 5.49. The smallest absolute Gasteiger partial charge is 0.291 e. The minimum absolute atomic E-state index is 0.183. The molecule has 3 heterocycles. The van der Waals surface area contributed by atoms with Crippen molar-refractivity contribution in [2.75, 3.05) is 6.61 Å². The maximum atomic E-state index is 12.9. The van der Waals surface area contributed by atoms with Gasteiger partial charge in [0.2, 0.25) is 10.8 Å². The molecular formula is C25H23N3O3S. The molecule has 32 heavy (non-hydrogen) atoms. The molecule has 0 fully saturated rings. The first-order valence-electron chi connectivity index (χ1n) is 10.8. The van der Waals surface area contributed by atoms with Gasteiger partial charge in [0.1, 0.15) is 11.3 Å². The van der Waals surface area contributed by atoms with Gasteiger partial charge < -0.3 is 9.15 Å². The van der Waals surface area contributed by atoms with Gasteiger partial charge in [-0.3, -0.25) is 4.79 Å². The lowest BCUT2D eigenvalue weighted by molar-refractivity contribution is 0.306. The van der Waals surface area contributed by atoms with Crippen LogP contribution in [0.15, 0.2) is 57.7 Å². The zero-order valence-corrected chi connectivity index (χ0v) is 18.8. The van der Waals surface area contributed by atoms with E-state index in [1.807, 2.05) is 61.5 Å². The van der Waals surface area contributed by atoms with Gasteiger partial charge in [-0.05, 0) is 43.2 Å². The van der Waals surface area contributed by atoms with E-state index in [-0.39, 0.29) is 5.56 Å². The fraction of sp³-hybridized carbons (Fsp3) is 0.240. The molecule has 0 aliphatic rings. The van der Waals surface area contributed by atoms with Crippen molar-refractivity contribution in [3.05, 3.63) is 74.5 Å². The van der Waals surface area contributed by atoms with Gasteiger partial charge in [0, 0.05) is 10.9 Å². The van der Waals surface area contributed by atoms with E-state index in [0.717, 1.165) is 40.9 Å². The molecule has 0 aliphatic carbocycles. The molecule has 0 unspecified atom stereocenters. The van der Waals surface area contributed by atoms with E-state index in [9.17, 15) is 4.79 Å². The molecule has 0 aliphatic heterocycles. The van der Waals surface area contributed by atoms with Crippen molar-refractivity contribution in [2.24, 2.45) is 0 Å². The number of benzene rings is 2. The predicted molar refractivity (Wildman–Crippen MR) is 127 cm³/mol. The summed E-state index contributed by atoms with van der Waals surface area (Å²) >= 11 is 1.32. The lowest BCUT2D eigenvalue weighted by Gasteiger charge is -2.05. The molecule has 0 saturated carbocycles. The van der Waals surface area contributed by atoms with Gasteiger partial charge in [0.15, 0.2) is 5.76 Å². The zero-order chi connectivity index (χ0) is 22.1. The van der Waals surface area contributed by atoms with Gasteiger partial charge in [-0.1, -0.05) is 61.4 Å². The van der Waals surface area contributed by atoms with Crippen molar-refractivity contribution < 1.29 is 9.15 Å². The van der Waals surface area contributed by atoms with Crippen molar-refractivity contribution in [3.8, 4) is 17.3 Å². The molecule has 5 rings (SSSR count). The number of furan rings is 1. The van der Waals surface area contributed by atoms with E-state index in [0.29, 0.717) is 21.1 Å². The van der Waals surface area contributed by atoms with Crippen molar-refractivity contribution >= 4 is 33.3 Å².